The standard InChI is InChI=1S/C9H15NO/c11-9-6-2-5-8(10-9)7-3-1-4-7/h7-8H,1-6H2,(H,10,11). The van der Waals surface area contributed by atoms with Gasteiger partial charge >= 0.3 is 0 Å². The van der Waals surface area contributed by atoms with E-state index in [2.05, 4.69) is 5.32 Å². The second-order valence-corrected chi connectivity index (χ2v) is 3.76. The number of hydrogen-bond acceptors (Lipinski definition) is 1. The van der Waals surface area contributed by atoms with Crippen LogP contribution in [-0.2, 0) is 4.79 Å². The molecule has 1 aliphatic carbocycles. The molecule has 62 valence electrons. The van der Waals surface area contributed by atoms with Crippen molar-refractivity contribution < 1.29 is 4.79 Å². The first kappa shape index (κ1) is 7.14. The third kappa shape index (κ3) is 1.39. The molecule has 1 aliphatic heterocycles. The van der Waals surface area contributed by atoms with Gasteiger partial charge in [-0.3, -0.25) is 4.79 Å². The number of carbonyl (C=O) groups excluding carboxylic acids is 1. The number of nitrogens with one attached hydrogen (secondary N) is 1. The summed E-state index contributed by atoms with van der Waals surface area (Å²) in [6.45, 7) is 0. The van der Waals surface area contributed by atoms with Crippen LogP contribution in [0.25, 0.3) is 0 Å². The maximum atomic E-state index is 11.0. The lowest BCUT2D eigenvalue weighted by Gasteiger charge is -2.36. The van der Waals surface area contributed by atoms with E-state index in [0.29, 0.717) is 6.04 Å². The van der Waals surface area contributed by atoms with Crippen LogP contribution in [0.5, 0.6) is 0 Å². The van der Waals surface area contributed by atoms with Gasteiger partial charge in [0.2, 0.25) is 5.91 Å². The van der Waals surface area contributed by atoms with Crippen molar-refractivity contribution in [3.8, 4) is 0 Å². The van der Waals surface area contributed by atoms with Crippen molar-refractivity contribution in [3.05, 3.63) is 0 Å². The molecule has 1 N–H and O–H groups in total. The molecular weight excluding hydrogens is 138 g/mol. The SMILES string of the molecule is O=C1CCCC(C2CCC2)N1. The number of piperidine rings is 1. The van der Waals surface area contributed by atoms with E-state index in [1.54, 1.807) is 0 Å². The normalized spacial score (nSPS) is 32.7. The Morgan fingerprint density at radius 3 is 2.55 bits per heavy atom. The summed E-state index contributed by atoms with van der Waals surface area (Å²) in [6, 6.07) is 0.532. The summed E-state index contributed by atoms with van der Waals surface area (Å²) in [5, 5.41) is 3.08. The number of carbonyl (C=O) groups is 1. The van der Waals surface area contributed by atoms with Crippen LogP contribution in [0.3, 0.4) is 0 Å². The largest absolute Gasteiger partial charge is 0.353 e. The van der Waals surface area contributed by atoms with Crippen LogP contribution in [0.2, 0.25) is 0 Å². The van der Waals surface area contributed by atoms with Crippen LogP contribution in [0, 0.1) is 5.92 Å². The van der Waals surface area contributed by atoms with Gasteiger partial charge < -0.3 is 5.32 Å². The van der Waals surface area contributed by atoms with Gasteiger partial charge in [0.15, 0.2) is 0 Å². The fraction of sp³-hybridized carbons (Fsp3) is 0.889. The minimum atomic E-state index is 0.271. The Morgan fingerprint density at radius 2 is 2.00 bits per heavy atom. The molecule has 11 heavy (non-hydrogen) atoms. The van der Waals surface area contributed by atoms with Gasteiger partial charge in [0.1, 0.15) is 0 Å². The average molecular weight is 153 g/mol. The molecule has 0 radical (unpaired) electrons. The Labute approximate surface area is 67.4 Å². The minimum Gasteiger partial charge on any atom is -0.353 e. The van der Waals surface area contributed by atoms with E-state index in [1.165, 1.54) is 25.7 Å². The Bertz CT molecular complexity index is 163. The molecule has 0 aromatic carbocycles. The van der Waals surface area contributed by atoms with Crippen LogP contribution in [-0.4, -0.2) is 11.9 Å². The van der Waals surface area contributed by atoms with Crippen molar-refractivity contribution in [3.63, 3.8) is 0 Å². The van der Waals surface area contributed by atoms with E-state index in [0.717, 1.165) is 18.8 Å². The Balaban J connectivity index is 1.87. The average Bonchev–Trinajstić information content (AvgIpc) is 1.83. The number of rotatable bonds is 1. The fourth-order valence-electron chi connectivity index (χ4n) is 2.03. The van der Waals surface area contributed by atoms with E-state index >= 15 is 0 Å². The van der Waals surface area contributed by atoms with Gasteiger partial charge in [-0.1, -0.05) is 6.42 Å². The third-order valence-electron chi connectivity index (χ3n) is 2.98. The Morgan fingerprint density at radius 1 is 1.18 bits per heavy atom. The zero-order valence-corrected chi connectivity index (χ0v) is 6.81. The maximum absolute atomic E-state index is 11.0. The van der Waals surface area contributed by atoms with Crippen molar-refractivity contribution in [2.45, 2.75) is 44.6 Å². The van der Waals surface area contributed by atoms with Crippen molar-refractivity contribution >= 4 is 5.91 Å². The zero-order valence-electron chi connectivity index (χ0n) is 6.81. The van der Waals surface area contributed by atoms with Crippen LogP contribution >= 0.6 is 0 Å². The molecule has 2 aliphatic rings. The first-order valence-corrected chi connectivity index (χ1v) is 4.65. The van der Waals surface area contributed by atoms with Crippen LogP contribution in [0.15, 0.2) is 0 Å². The maximum Gasteiger partial charge on any atom is 0.220 e. The van der Waals surface area contributed by atoms with E-state index in [4.69, 9.17) is 0 Å². The summed E-state index contributed by atoms with van der Waals surface area (Å²) in [7, 11) is 0. The van der Waals surface area contributed by atoms with Crippen molar-refractivity contribution in [2.75, 3.05) is 0 Å². The van der Waals surface area contributed by atoms with Gasteiger partial charge in [0.05, 0.1) is 0 Å². The first-order chi connectivity index (χ1) is 5.36. The van der Waals surface area contributed by atoms with Gasteiger partial charge in [-0.15, -0.1) is 0 Å². The minimum absolute atomic E-state index is 0.271. The van der Waals surface area contributed by atoms with Gasteiger partial charge in [0.25, 0.3) is 0 Å². The highest BCUT2D eigenvalue weighted by atomic mass is 16.1. The predicted octanol–water partition coefficient (Wildman–Crippen LogP) is 1.46. The van der Waals surface area contributed by atoms with Gasteiger partial charge in [0, 0.05) is 12.5 Å². The summed E-state index contributed by atoms with van der Waals surface area (Å²) in [5.74, 6) is 1.09. The third-order valence-corrected chi connectivity index (χ3v) is 2.98. The summed E-state index contributed by atoms with van der Waals surface area (Å²) >= 11 is 0. The molecule has 1 atom stereocenters. The zero-order chi connectivity index (χ0) is 7.68. The highest BCUT2D eigenvalue weighted by Crippen LogP contribution is 2.32. The monoisotopic (exact) mass is 153 g/mol. The Hall–Kier alpha value is -0.530. The molecule has 1 saturated heterocycles. The molecule has 2 nitrogen and oxygen atoms in total. The summed E-state index contributed by atoms with van der Waals surface area (Å²) < 4.78 is 0. The molecule has 1 saturated carbocycles. The quantitative estimate of drug-likeness (QED) is 0.607. The van der Waals surface area contributed by atoms with Crippen molar-refractivity contribution in [2.24, 2.45) is 5.92 Å². The lowest BCUT2D eigenvalue weighted by molar-refractivity contribution is -0.124. The van der Waals surface area contributed by atoms with E-state index in [9.17, 15) is 4.79 Å². The molecule has 2 rings (SSSR count). The van der Waals surface area contributed by atoms with Gasteiger partial charge in [-0.05, 0) is 31.6 Å². The van der Waals surface area contributed by atoms with Crippen molar-refractivity contribution in [1.82, 2.24) is 5.32 Å². The molecule has 2 heteroatoms. The fourth-order valence-corrected chi connectivity index (χ4v) is 2.03. The van der Waals surface area contributed by atoms with Gasteiger partial charge in [-0.25, -0.2) is 0 Å². The first-order valence-electron chi connectivity index (χ1n) is 4.65. The van der Waals surface area contributed by atoms with Crippen LogP contribution in [0.4, 0.5) is 0 Å². The molecule has 1 heterocycles. The molecule has 1 amide bonds. The molecule has 0 aromatic rings. The number of hydrogen-bond donors (Lipinski definition) is 1. The smallest absolute Gasteiger partial charge is 0.220 e. The lowest BCUT2D eigenvalue weighted by Crippen LogP contribution is -2.45. The van der Waals surface area contributed by atoms with E-state index in [1.807, 2.05) is 0 Å². The van der Waals surface area contributed by atoms with Crippen LogP contribution < -0.4 is 5.32 Å². The molecule has 2 fully saturated rings. The Kier molecular flexibility index (Phi) is 1.84. The highest BCUT2D eigenvalue weighted by Gasteiger charge is 2.30. The van der Waals surface area contributed by atoms with Gasteiger partial charge in [-0.2, -0.15) is 0 Å². The lowest BCUT2D eigenvalue weighted by atomic mass is 9.77. The predicted molar refractivity (Wildman–Crippen MR) is 43.1 cm³/mol. The molecular formula is C9H15NO. The number of amides is 1. The molecule has 0 aromatic heterocycles. The second kappa shape index (κ2) is 2.84. The molecule has 1 unspecified atom stereocenters. The second-order valence-electron chi connectivity index (χ2n) is 3.76. The topological polar surface area (TPSA) is 29.1 Å². The summed E-state index contributed by atoms with van der Waals surface area (Å²) in [4.78, 5) is 11.0. The molecule has 0 bridgehead atoms. The van der Waals surface area contributed by atoms with Crippen LogP contribution in [0.1, 0.15) is 38.5 Å². The van der Waals surface area contributed by atoms with E-state index < -0.39 is 0 Å². The molecule has 0 spiro atoms. The summed E-state index contributed by atoms with van der Waals surface area (Å²) in [6.07, 6.45) is 7.12. The van der Waals surface area contributed by atoms with Crippen molar-refractivity contribution in [1.29, 1.82) is 0 Å². The van der Waals surface area contributed by atoms with E-state index in [-0.39, 0.29) is 5.91 Å². The highest BCUT2D eigenvalue weighted by molar-refractivity contribution is 5.76. The summed E-state index contributed by atoms with van der Waals surface area (Å²) in [5.41, 5.74) is 0.